The van der Waals surface area contributed by atoms with Gasteiger partial charge in [-0.3, -0.25) is 14.4 Å². The van der Waals surface area contributed by atoms with Crippen LogP contribution in [0, 0.1) is 0 Å². The summed E-state index contributed by atoms with van der Waals surface area (Å²) in [6.07, 6.45) is 1.61. The lowest BCUT2D eigenvalue weighted by Crippen LogP contribution is -2.30. The Morgan fingerprint density at radius 2 is 1.55 bits per heavy atom. The van der Waals surface area contributed by atoms with Gasteiger partial charge >= 0.3 is 0 Å². The third-order valence-electron chi connectivity index (χ3n) is 5.62. The van der Waals surface area contributed by atoms with Gasteiger partial charge in [-0.25, -0.2) is 0 Å². The molecule has 1 unspecified atom stereocenters. The molecule has 0 fully saturated rings. The number of carbonyl (C=O) groups excluding carboxylic acids is 3. The van der Waals surface area contributed by atoms with E-state index in [4.69, 9.17) is 11.6 Å². The molecule has 40 heavy (non-hydrogen) atoms. The van der Waals surface area contributed by atoms with Gasteiger partial charge in [-0.15, -0.1) is 11.8 Å². The van der Waals surface area contributed by atoms with E-state index >= 15 is 0 Å². The summed E-state index contributed by atoms with van der Waals surface area (Å²) in [5, 5.41) is 8.46. The Morgan fingerprint density at radius 1 is 0.850 bits per heavy atom. The molecule has 0 radical (unpaired) electrons. The molecule has 0 heterocycles. The minimum absolute atomic E-state index is 0.0849. The molecule has 0 saturated carbocycles. The molecule has 4 rings (SSSR count). The zero-order valence-corrected chi connectivity index (χ0v) is 24.5. The Bertz CT molecular complexity index is 1550. The van der Waals surface area contributed by atoms with Crippen LogP contribution in [0.2, 0.25) is 5.02 Å². The van der Waals surface area contributed by atoms with Crippen LogP contribution in [-0.2, 0) is 9.59 Å². The number of carbonyl (C=O) groups is 3. The van der Waals surface area contributed by atoms with Crippen LogP contribution in [0.4, 0.5) is 11.4 Å². The summed E-state index contributed by atoms with van der Waals surface area (Å²) >= 11 is 10.9. The molecule has 0 spiro atoms. The summed E-state index contributed by atoms with van der Waals surface area (Å²) in [5.74, 6) is -1.09. The minimum Gasteiger partial charge on any atom is -0.324 e. The normalized spacial score (nSPS) is 11.8. The molecule has 1 atom stereocenters. The van der Waals surface area contributed by atoms with Crippen molar-refractivity contribution < 1.29 is 14.4 Å². The molecule has 0 aliphatic rings. The van der Waals surface area contributed by atoms with Crippen LogP contribution in [0.1, 0.15) is 22.8 Å². The summed E-state index contributed by atoms with van der Waals surface area (Å²) in [6, 6.07) is 30.2. The van der Waals surface area contributed by atoms with Crippen molar-refractivity contribution in [3.8, 4) is 0 Å². The van der Waals surface area contributed by atoms with E-state index in [0.717, 1.165) is 14.9 Å². The molecule has 0 saturated heterocycles. The number of hydrogen-bond donors (Lipinski definition) is 3. The summed E-state index contributed by atoms with van der Waals surface area (Å²) in [6.45, 7) is 1.79. The maximum absolute atomic E-state index is 13.3. The zero-order valence-electron chi connectivity index (χ0n) is 21.4. The van der Waals surface area contributed by atoms with Gasteiger partial charge in [0.1, 0.15) is 5.70 Å². The highest BCUT2D eigenvalue weighted by atomic mass is 79.9. The van der Waals surface area contributed by atoms with Crippen molar-refractivity contribution in [1.82, 2.24) is 5.32 Å². The highest BCUT2D eigenvalue weighted by molar-refractivity contribution is 9.10. The molecule has 3 amide bonds. The monoisotopic (exact) mass is 633 g/mol. The molecule has 0 aliphatic heterocycles. The average Bonchev–Trinajstić information content (AvgIpc) is 2.95. The highest BCUT2D eigenvalue weighted by Crippen LogP contribution is 2.28. The van der Waals surface area contributed by atoms with Gasteiger partial charge in [0.2, 0.25) is 5.91 Å². The largest absolute Gasteiger partial charge is 0.324 e. The fourth-order valence-corrected chi connectivity index (χ4v) is 4.94. The fourth-order valence-electron chi connectivity index (χ4n) is 3.57. The van der Waals surface area contributed by atoms with Crippen LogP contribution in [0.25, 0.3) is 6.08 Å². The first-order valence-electron chi connectivity index (χ1n) is 12.3. The number of hydrogen-bond acceptors (Lipinski definition) is 4. The topological polar surface area (TPSA) is 87.3 Å². The first kappa shape index (κ1) is 29.1. The van der Waals surface area contributed by atoms with Crippen LogP contribution in [-0.4, -0.2) is 23.0 Å². The van der Waals surface area contributed by atoms with Gasteiger partial charge in [0.25, 0.3) is 11.8 Å². The van der Waals surface area contributed by atoms with Crippen molar-refractivity contribution in [3.05, 3.63) is 129 Å². The van der Waals surface area contributed by atoms with Gasteiger partial charge in [-0.05, 0) is 73.2 Å². The Hall–Kier alpha value is -3.85. The number of halogens is 2. The standard InChI is InChI=1S/C31H25BrClN3O3S/c1-20(29(37)35-27-13-6-5-12-26(27)33)40-25-11-7-10-24(19-25)34-31(39)28(18-21-14-16-23(32)17-15-21)36-30(38)22-8-3-2-4-9-22/h2-20H,1H3,(H,34,39)(H,35,37)(H,36,38)/b28-18-. The Kier molecular flexibility index (Phi) is 10.2. The molecule has 202 valence electrons. The smallest absolute Gasteiger partial charge is 0.272 e. The second-order valence-corrected chi connectivity index (χ2v) is 11.4. The summed E-state index contributed by atoms with van der Waals surface area (Å²) in [4.78, 5) is 39.7. The number of nitrogens with one attached hydrogen (secondary N) is 3. The number of para-hydroxylation sites is 1. The second kappa shape index (κ2) is 14.0. The number of thioether (sulfide) groups is 1. The van der Waals surface area contributed by atoms with Crippen LogP contribution in [0.3, 0.4) is 0 Å². The van der Waals surface area contributed by atoms with E-state index in [1.54, 1.807) is 79.7 Å². The lowest BCUT2D eigenvalue weighted by atomic mass is 10.1. The van der Waals surface area contributed by atoms with Crippen molar-refractivity contribution in [3.63, 3.8) is 0 Å². The molecule has 9 heteroatoms. The molecule has 0 bridgehead atoms. The number of amides is 3. The highest BCUT2D eigenvalue weighted by Gasteiger charge is 2.18. The van der Waals surface area contributed by atoms with E-state index in [1.807, 2.05) is 36.4 Å². The molecule has 3 N–H and O–H groups in total. The summed E-state index contributed by atoms with van der Waals surface area (Å²) in [5.41, 5.74) is 2.32. The van der Waals surface area contributed by atoms with E-state index in [-0.39, 0.29) is 11.6 Å². The second-order valence-electron chi connectivity index (χ2n) is 8.64. The first-order chi connectivity index (χ1) is 19.3. The van der Waals surface area contributed by atoms with E-state index in [9.17, 15) is 14.4 Å². The van der Waals surface area contributed by atoms with Gasteiger partial charge in [0.05, 0.1) is 16.0 Å². The Balaban J connectivity index is 1.48. The Morgan fingerprint density at radius 3 is 2.27 bits per heavy atom. The Labute approximate surface area is 250 Å². The van der Waals surface area contributed by atoms with Crippen LogP contribution < -0.4 is 16.0 Å². The quantitative estimate of drug-likeness (QED) is 0.131. The fraction of sp³-hybridized carbons (Fsp3) is 0.0645. The number of benzene rings is 4. The molecule has 0 aliphatic carbocycles. The summed E-state index contributed by atoms with van der Waals surface area (Å²) < 4.78 is 0.896. The van der Waals surface area contributed by atoms with E-state index < -0.39 is 17.1 Å². The lowest BCUT2D eigenvalue weighted by molar-refractivity contribution is -0.115. The third-order valence-corrected chi connectivity index (χ3v) is 7.57. The van der Waals surface area contributed by atoms with Gasteiger partial charge < -0.3 is 16.0 Å². The molecule has 6 nitrogen and oxygen atoms in total. The SMILES string of the molecule is CC(Sc1cccc(NC(=O)/C(=C/c2ccc(Br)cc2)NC(=O)c2ccccc2)c1)C(=O)Nc1ccccc1Cl. The number of rotatable bonds is 9. The van der Waals surface area contributed by atoms with E-state index in [1.165, 1.54) is 11.8 Å². The number of anilines is 2. The first-order valence-corrected chi connectivity index (χ1v) is 14.3. The van der Waals surface area contributed by atoms with Crippen molar-refractivity contribution in [2.45, 2.75) is 17.1 Å². The molecular formula is C31H25BrClN3O3S. The molecule has 4 aromatic carbocycles. The van der Waals surface area contributed by atoms with Gasteiger partial charge in [-0.1, -0.05) is 76.1 Å². The molecule has 0 aromatic heterocycles. The van der Waals surface area contributed by atoms with Crippen molar-refractivity contribution >= 4 is 74.5 Å². The van der Waals surface area contributed by atoms with Crippen LogP contribution >= 0.6 is 39.3 Å². The maximum Gasteiger partial charge on any atom is 0.272 e. The van der Waals surface area contributed by atoms with Crippen LogP contribution in [0.5, 0.6) is 0 Å². The third kappa shape index (κ3) is 8.32. The lowest BCUT2D eigenvalue weighted by Gasteiger charge is -2.14. The van der Waals surface area contributed by atoms with Crippen LogP contribution in [0.15, 0.2) is 118 Å². The predicted octanol–water partition coefficient (Wildman–Crippen LogP) is 7.63. The predicted molar refractivity (Wildman–Crippen MR) is 166 cm³/mol. The molecular weight excluding hydrogens is 610 g/mol. The van der Waals surface area contributed by atoms with Crippen molar-refractivity contribution in [2.24, 2.45) is 0 Å². The van der Waals surface area contributed by atoms with Gasteiger partial charge in [0, 0.05) is 20.6 Å². The minimum atomic E-state index is -0.487. The van der Waals surface area contributed by atoms with E-state index in [2.05, 4.69) is 31.9 Å². The average molecular weight is 635 g/mol. The van der Waals surface area contributed by atoms with Gasteiger partial charge in [-0.2, -0.15) is 0 Å². The van der Waals surface area contributed by atoms with Gasteiger partial charge in [0.15, 0.2) is 0 Å². The van der Waals surface area contributed by atoms with Crippen molar-refractivity contribution in [2.75, 3.05) is 10.6 Å². The van der Waals surface area contributed by atoms with Crippen molar-refractivity contribution in [1.29, 1.82) is 0 Å². The molecule has 4 aromatic rings. The van der Waals surface area contributed by atoms with E-state index in [0.29, 0.717) is 22.0 Å². The summed E-state index contributed by atoms with van der Waals surface area (Å²) in [7, 11) is 0. The maximum atomic E-state index is 13.3. The zero-order chi connectivity index (χ0) is 28.5.